The second kappa shape index (κ2) is 6.87. The highest BCUT2D eigenvalue weighted by atomic mass is 35.5. The molecule has 0 amide bonds. The van der Waals surface area contributed by atoms with Gasteiger partial charge in [-0.2, -0.15) is 0 Å². The molecule has 0 atom stereocenters. The van der Waals surface area contributed by atoms with Gasteiger partial charge in [-0.1, -0.05) is 25.4 Å². The predicted octanol–water partition coefficient (Wildman–Crippen LogP) is 2.53. The first-order valence-corrected chi connectivity index (χ1v) is 7.39. The van der Waals surface area contributed by atoms with Crippen LogP contribution in [-0.2, 0) is 0 Å². The van der Waals surface area contributed by atoms with Gasteiger partial charge in [0.25, 0.3) is 0 Å². The quantitative estimate of drug-likeness (QED) is 0.822. The Morgan fingerprint density at radius 1 is 1.33 bits per heavy atom. The van der Waals surface area contributed by atoms with Crippen LogP contribution in [0.1, 0.15) is 26.7 Å². The molecule has 1 aromatic carbocycles. The van der Waals surface area contributed by atoms with Gasteiger partial charge in [0.05, 0.1) is 23.0 Å². The minimum atomic E-state index is -0.131. The van der Waals surface area contributed by atoms with E-state index < -0.39 is 0 Å². The molecule has 0 aliphatic rings. The van der Waals surface area contributed by atoms with Crippen LogP contribution in [0.4, 0.5) is 5.69 Å². The first-order valence-electron chi connectivity index (χ1n) is 7.02. The number of aliphatic hydroxyl groups excluding tert-OH is 1. The highest BCUT2D eigenvalue weighted by Crippen LogP contribution is 2.29. The summed E-state index contributed by atoms with van der Waals surface area (Å²) in [4.78, 5) is 0. The van der Waals surface area contributed by atoms with E-state index in [0.29, 0.717) is 11.6 Å². The van der Waals surface area contributed by atoms with Gasteiger partial charge in [-0.15, -0.1) is 5.10 Å². The van der Waals surface area contributed by atoms with Crippen molar-refractivity contribution in [3.05, 3.63) is 29.5 Å². The summed E-state index contributed by atoms with van der Waals surface area (Å²) in [7, 11) is 0. The Labute approximate surface area is 129 Å². The van der Waals surface area contributed by atoms with Crippen LogP contribution in [0.25, 0.3) is 5.69 Å². The van der Waals surface area contributed by atoms with Crippen LogP contribution in [0.3, 0.4) is 0 Å². The molecule has 114 valence electrons. The molecule has 2 aromatic rings. The van der Waals surface area contributed by atoms with Gasteiger partial charge in [0.2, 0.25) is 0 Å². The van der Waals surface area contributed by atoms with Crippen LogP contribution in [0, 0.1) is 5.41 Å². The summed E-state index contributed by atoms with van der Waals surface area (Å²) < 4.78 is 1.57. The van der Waals surface area contributed by atoms with Gasteiger partial charge in [-0.3, -0.25) is 0 Å². The summed E-state index contributed by atoms with van der Waals surface area (Å²) >= 11 is 6.23. The molecule has 2 rings (SSSR count). The number of halogens is 1. The molecular formula is C14H20ClN5O. The average molecular weight is 310 g/mol. The average Bonchev–Trinajstić information content (AvgIpc) is 3.05. The van der Waals surface area contributed by atoms with Gasteiger partial charge in [-0.05, 0) is 41.5 Å². The van der Waals surface area contributed by atoms with Crippen molar-refractivity contribution in [3.63, 3.8) is 0 Å². The molecule has 6 nitrogen and oxygen atoms in total. The van der Waals surface area contributed by atoms with Crippen LogP contribution in [-0.4, -0.2) is 38.5 Å². The van der Waals surface area contributed by atoms with E-state index in [4.69, 9.17) is 11.6 Å². The minimum absolute atomic E-state index is 0.131. The van der Waals surface area contributed by atoms with Crippen LogP contribution < -0.4 is 5.32 Å². The molecule has 1 heterocycles. The maximum atomic E-state index is 9.63. The number of aliphatic hydroxyl groups is 1. The largest absolute Gasteiger partial charge is 0.396 e. The molecule has 0 fully saturated rings. The van der Waals surface area contributed by atoms with Gasteiger partial charge < -0.3 is 10.4 Å². The molecule has 0 unspecified atom stereocenters. The van der Waals surface area contributed by atoms with Crippen LogP contribution in [0.15, 0.2) is 24.5 Å². The van der Waals surface area contributed by atoms with E-state index in [-0.39, 0.29) is 12.0 Å². The van der Waals surface area contributed by atoms with Crippen molar-refractivity contribution < 1.29 is 5.11 Å². The van der Waals surface area contributed by atoms with Crippen LogP contribution in [0.2, 0.25) is 5.02 Å². The van der Waals surface area contributed by atoms with Crippen LogP contribution in [0.5, 0.6) is 0 Å². The van der Waals surface area contributed by atoms with Crippen molar-refractivity contribution in [1.29, 1.82) is 0 Å². The first kappa shape index (κ1) is 15.7. The molecule has 2 N–H and O–H groups in total. The summed E-state index contributed by atoms with van der Waals surface area (Å²) in [6.45, 7) is 4.98. The van der Waals surface area contributed by atoms with Crippen molar-refractivity contribution in [2.24, 2.45) is 5.41 Å². The topological polar surface area (TPSA) is 75.9 Å². The van der Waals surface area contributed by atoms with Crippen molar-refractivity contribution in [2.75, 3.05) is 18.5 Å². The Kier molecular flexibility index (Phi) is 5.14. The normalized spacial score (nSPS) is 11.6. The Bertz CT molecular complexity index is 560. The number of nitrogens with one attached hydrogen (secondary N) is 1. The first-order chi connectivity index (χ1) is 10.1. The monoisotopic (exact) mass is 309 g/mol. The Morgan fingerprint density at radius 2 is 2.10 bits per heavy atom. The fourth-order valence-corrected chi connectivity index (χ4v) is 2.32. The maximum absolute atomic E-state index is 9.63. The molecule has 21 heavy (non-hydrogen) atoms. The summed E-state index contributed by atoms with van der Waals surface area (Å²) in [5.74, 6) is 0. The zero-order valence-electron chi connectivity index (χ0n) is 12.3. The molecule has 0 radical (unpaired) electrons. The number of tetrazole rings is 1. The minimum Gasteiger partial charge on any atom is -0.396 e. The lowest BCUT2D eigenvalue weighted by Gasteiger charge is -2.30. The molecule has 0 spiro atoms. The molecule has 0 saturated heterocycles. The van der Waals surface area contributed by atoms with Gasteiger partial charge in [0.15, 0.2) is 0 Å². The second-order valence-corrected chi connectivity index (χ2v) is 5.54. The van der Waals surface area contributed by atoms with E-state index in [1.807, 2.05) is 12.1 Å². The zero-order chi connectivity index (χ0) is 15.3. The Hall–Kier alpha value is -1.66. The molecule has 1 aromatic heterocycles. The number of benzene rings is 1. The number of hydrogen-bond donors (Lipinski definition) is 2. The van der Waals surface area contributed by atoms with Gasteiger partial charge in [0.1, 0.15) is 6.33 Å². The van der Waals surface area contributed by atoms with E-state index in [1.54, 1.807) is 10.7 Å². The zero-order valence-corrected chi connectivity index (χ0v) is 13.0. The van der Waals surface area contributed by atoms with Crippen molar-refractivity contribution in [3.8, 4) is 5.69 Å². The third kappa shape index (κ3) is 3.51. The third-order valence-corrected chi connectivity index (χ3v) is 4.38. The summed E-state index contributed by atoms with van der Waals surface area (Å²) in [6, 6.07) is 5.55. The molecule has 0 aliphatic heterocycles. The highest BCUT2D eigenvalue weighted by molar-refractivity contribution is 6.33. The van der Waals surface area contributed by atoms with E-state index in [0.717, 1.165) is 24.2 Å². The van der Waals surface area contributed by atoms with E-state index in [1.165, 1.54) is 6.33 Å². The number of nitrogens with zero attached hydrogens (tertiary/aromatic N) is 4. The number of rotatable bonds is 7. The summed E-state index contributed by atoms with van der Waals surface area (Å²) in [6.07, 6.45) is 3.33. The van der Waals surface area contributed by atoms with Crippen molar-refractivity contribution in [2.45, 2.75) is 26.7 Å². The van der Waals surface area contributed by atoms with Crippen molar-refractivity contribution >= 4 is 17.3 Å². The fourth-order valence-electron chi connectivity index (χ4n) is 2.13. The molecule has 0 saturated carbocycles. The predicted molar refractivity (Wildman–Crippen MR) is 82.8 cm³/mol. The summed E-state index contributed by atoms with van der Waals surface area (Å²) in [5, 5.41) is 24.7. The standard InChI is InChI=1S/C14H20ClN5O/c1-3-14(4-2,9-21)8-16-13-7-11(5-6-12(13)15)20-10-17-18-19-20/h5-7,10,16,21H,3-4,8-9H2,1-2H3. The van der Waals surface area contributed by atoms with Crippen LogP contribution >= 0.6 is 11.6 Å². The van der Waals surface area contributed by atoms with Gasteiger partial charge >= 0.3 is 0 Å². The number of anilines is 1. The lowest BCUT2D eigenvalue weighted by Crippen LogP contribution is -2.32. The van der Waals surface area contributed by atoms with Gasteiger partial charge in [-0.25, -0.2) is 4.68 Å². The van der Waals surface area contributed by atoms with E-state index in [2.05, 4.69) is 34.7 Å². The SMILES string of the molecule is CCC(CC)(CO)CNc1cc(-n2cnnn2)ccc1Cl. The molecule has 7 heteroatoms. The third-order valence-electron chi connectivity index (χ3n) is 4.05. The van der Waals surface area contributed by atoms with Crippen molar-refractivity contribution in [1.82, 2.24) is 20.2 Å². The Morgan fingerprint density at radius 3 is 2.67 bits per heavy atom. The number of aromatic nitrogens is 4. The lowest BCUT2D eigenvalue weighted by molar-refractivity contribution is 0.127. The molecule has 0 aliphatic carbocycles. The second-order valence-electron chi connectivity index (χ2n) is 5.14. The summed E-state index contributed by atoms with van der Waals surface area (Å²) in [5.41, 5.74) is 1.51. The molecule has 0 bridgehead atoms. The van der Waals surface area contributed by atoms with E-state index >= 15 is 0 Å². The maximum Gasteiger partial charge on any atom is 0.143 e. The smallest absolute Gasteiger partial charge is 0.143 e. The number of hydrogen-bond acceptors (Lipinski definition) is 5. The fraction of sp³-hybridized carbons (Fsp3) is 0.500. The lowest BCUT2D eigenvalue weighted by atomic mass is 9.83. The van der Waals surface area contributed by atoms with Gasteiger partial charge in [0, 0.05) is 12.0 Å². The van der Waals surface area contributed by atoms with E-state index in [9.17, 15) is 5.11 Å². The highest BCUT2D eigenvalue weighted by Gasteiger charge is 2.25. The molecular weight excluding hydrogens is 290 g/mol. The Balaban J connectivity index is 2.18.